The first-order chi connectivity index (χ1) is 6.91. The number of hydrogen-bond acceptors (Lipinski definition) is 2. The largest absolute Gasteiger partial charge is 0.480 e. The molecule has 0 saturated carbocycles. The van der Waals surface area contributed by atoms with Crippen LogP contribution in [0.3, 0.4) is 0 Å². The van der Waals surface area contributed by atoms with Gasteiger partial charge in [-0.25, -0.2) is 0 Å². The monoisotopic (exact) mass is 355 g/mol. The third-order valence-corrected chi connectivity index (χ3v) is 3.85. The molecule has 0 bridgehead atoms. The number of carboxylic acids is 1. The van der Waals surface area contributed by atoms with Gasteiger partial charge in [0.2, 0.25) is 0 Å². The molecule has 1 rings (SSSR count). The van der Waals surface area contributed by atoms with Crippen molar-refractivity contribution in [1.29, 1.82) is 0 Å². The number of hydrogen-bond donors (Lipinski definition) is 2. The fourth-order valence-corrected chi connectivity index (χ4v) is 2.25. The standard InChI is InChI=1S/C9H8Br2ClNO2/c1-4(9(14)15)13-5-2-6(10)8(12)7(11)3-5/h2-4,13H,1H3,(H,14,15)/t4-/m0/s1. The summed E-state index contributed by atoms with van der Waals surface area (Å²) in [5.74, 6) is -0.905. The number of rotatable bonds is 3. The molecule has 1 atom stereocenters. The molecule has 1 aromatic carbocycles. The molecule has 0 unspecified atom stereocenters. The second-order valence-electron chi connectivity index (χ2n) is 2.96. The Hall–Kier alpha value is -0.260. The van der Waals surface area contributed by atoms with Gasteiger partial charge >= 0.3 is 5.97 Å². The van der Waals surface area contributed by atoms with Crippen LogP contribution in [0.15, 0.2) is 21.1 Å². The van der Waals surface area contributed by atoms with E-state index >= 15 is 0 Å². The number of carboxylic acid groups (broad SMARTS) is 1. The van der Waals surface area contributed by atoms with Gasteiger partial charge in [0.1, 0.15) is 6.04 Å². The zero-order valence-corrected chi connectivity index (χ0v) is 11.6. The van der Waals surface area contributed by atoms with Crippen molar-refractivity contribution in [2.24, 2.45) is 0 Å². The molecular formula is C9H8Br2ClNO2. The maximum atomic E-state index is 10.6. The Morgan fingerprint density at radius 2 is 1.93 bits per heavy atom. The van der Waals surface area contributed by atoms with E-state index in [1.54, 1.807) is 19.1 Å². The molecule has 0 aliphatic carbocycles. The molecule has 82 valence electrons. The predicted octanol–water partition coefficient (Wildman–Crippen LogP) is 3.75. The van der Waals surface area contributed by atoms with Crippen LogP contribution in [-0.2, 0) is 4.79 Å². The van der Waals surface area contributed by atoms with Gasteiger partial charge in [0.15, 0.2) is 0 Å². The smallest absolute Gasteiger partial charge is 0.325 e. The zero-order chi connectivity index (χ0) is 11.6. The minimum absolute atomic E-state index is 0.559. The van der Waals surface area contributed by atoms with Gasteiger partial charge < -0.3 is 10.4 Å². The Labute approximate surface area is 109 Å². The normalized spacial score (nSPS) is 12.3. The van der Waals surface area contributed by atoms with Crippen molar-refractivity contribution < 1.29 is 9.90 Å². The fraction of sp³-hybridized carbons (Fsp3) is 0.222. The van der Waals surface area contributed by atoms with Crippen LogP contribution in [0.4, 0.5) is 5.69 Å². The van der Waals surface area contributed by atoms with E-state index < -0.39 is 12.0 Å². The lowest BCUT2D eigenvalue weighted by atomic mass is 10.2. The van der Waals surface area contributed by atoms with Crippen molar-refractivity contribution in [3.63, 3.8) is 0 Å². The highest BCUT2D eigenvalue weighted by Gasteiger charge is 2.12. The van der Waals surface area contributed by atoms with E-state index in [4.69, 9.17) is 16.7 Å². The van der Waals surface area contributed by atoms with Crippen LogP contribution in [0.25, 0.3) is 0 Å². The van der Waals surface area contributed by atoms with Crippen LogP contribution < -0.4 is 5.32 Å². The van der Waals surface area contributed by atoms with Gasteiger partial charge in [-0.1, -0.05) is 11.6 Å². The van der Waals surface area contributed by atoms with E-state index in [-0.39, 0.29) is 0 Å². The average Bonchev–Trinajstić information content (AvgIpc) is 2.13. The average molecular weight is 357 g/mol. The molecule has 0 radical (unpaired) electrons. The third kappa shape index (κ3) is 3.36. The zero-order valence-electron chi connectivity index (χ0n) is 7.72. The van der Waals surface area contributed by atoms with Crippen LogP contribution >= 0.6 is 43.5 Å². The minimum Gasteiger partial charge on any atom is -0.480 e. The van der Waals surface area contributed by atoms with Gasteiger partial charge in [0.25, 0.3) is 0 Å². The van der Waals surface area contributed by atoms with Crippen LogP contribution in [-0.4, -0.2) is 17.1 Å². The fourth-order valence-electron chi connectivity index (χ4n) is 0.951. The molecule has 0 aliphatic heterocycles. The van der Waals surface area contributed by atoms with Crippen molar-refractivity contribution in [2.45, 2.75) is 13.0 Å². The van der Waals surface area contributed by atoms with Crippen molar-refractivity contribution in [3.8, 4) is 0 Å². The Bertz CT molecular complexity index is 375. The van der Waals surface area contributed by atoms with Crippen LogP contribution in [0.2, 0.25) is 5.02 Å². The summed E-state index contributed by atoms with van der Waals surface area (Å²) in [6, 6.07) is 2.81. The SMILES string of the molecule is C[C@H](Nc1cc(Br)c(Cl)c(Br)c1)C(=O)O. The summed E-state index contributed by atoms with van der Waals surface area (Å²) in [4.78, 5) is 10.6. The van der Waals surface area contributed by atoms with E-state index in [2.05, 4.69) is 37.2 Å². The van der Waals surface area contributed by atoms with E-state index in [0.29, 0.717) is 19.7 Å². The van der Waals surface area contributed by atoms with Crippen molar-refractivity contribution >= 4 is 55.1 Å². The summed E-state index contributed by atoms with van der Waals surface area (Å²) in [5, 5.41) is 12.1. The van der Waals surface area contributed by atoms with Gasteiger partial charge in [-0.05, 0) is 50.9 Å². The first-order valence-corrected chi connectivity index (χ1v) is 6.02. The third-order valence-electron chi connectivity index (χ3n) is 1.74. The lowest BCUT2D eigenvalue weighted by Crippen LogP contribution is -2.25. The summed E-state index contributed by atoms with van der Waals surface area (Å²) < 4.78 is 1.41. The number of carbonyl (C=O) groups is 1. The van der Waals surface area contributed by atoms with Gasteiger partial charge in [-0.2, -0.15) is 0 Å². The maximum absolute atomic E-state index is 10.6. The molecule has 0 spiro atoms. The van der Waals surface area contributed by atoms with Crippen LogP contribution in [0, 0.1) is 0 Å². The summed E-state index contributed by atoms with van der Waals surface area (Å²) >= 11 is 12.5. The van der Waals surface area contributed by atoms with Crippen molar-refractivity contribution in [2.75, 3.05) is 5.32 Å². The highest BCUT2D eigenvalue weighted by Crippen LogP contribution is 2.33. The summed E-state index contributed by atoms with van der Waals surface area (Å²) in [6.07, 6.45) is 0. The Morgan fingerprint density at radius 1 is 1.47 bits per heavy atom. The summed E-state index contributed by atoms with van der Waals surface area (Å²) in [7, 11) is 0. The Balaban J connectivity index is 2.92. The Kier molecular flexibility index (Phi) is 4.43. The molecular weight excluding hydrogens is 349 g/mol. The Morgan fingerprint density at radius 3 is 2.33 bits per heavy atom. The molecule has 3 nitrogen and oxygen atoms in total. The molecule has 0 aliphatic rings. The van der Waals surface area contributed by atoms with Crippen molar-refractivity contribution in [1.82, 2.24) is 0 Å². The van der Waals surface area contributed by atoms with Gasteiger partial charge in [0.05, 0.1) is 5.02 Å². The number of anilines is 1. The van der Waals surface area contributed by atoms with Gasteiger partial charge in [0, 0.05) is 14.6 Å². The number of benzene rings is 1. The molecule has 0 amide bonds. The van der Waals surface area contributed by atoms with Crippen LogP contribution in [0.1, 0.15) is 6.92 Å². The topological polar surface area (TPSA) is 49.3 Å². The highest BCUT2D eigenvalue weighted by molar-refractivity contribution is 9.11. The molecule has 6 heteroatoms. The molecule has 2 N–H and O–H groups in total. The minimum atomic E-state index is -0.905. The summed E-state index contributed by atoms with van der Waals surface area (Å²) in [5.41, 5.74) is 0.688. The lowest BCUT2D eigenvalue weighted by Gasteiger charge is -2.12. The quantitative estimate of drug-likeness (QED) is 0.810. The summed E-state index contributed by atoms with van der Waals surface area (Å²) in [6.45, 7) is 1.57. The molecule has 15 heavy (non-hydrogen) atoms. The van der Waals surface area contributed by atoms with Gasteiger partial charge in [-0.3, -0.25) is 4.79 Å². The molecule has 0 fully saturated rings. The first kappa shape index (κ1) is 12.8. The lowest BCUT2D eigenvalue weighted by molar-refractivity contribution is -0.137. The maximum Gasteiger partial charge on any atom is 0.325 e. The molecule has 0 aromatic heterocycles. The molecule has 0 saturated heterocycles. The number of halogens is 3. The highest BCUT2D eigenvalue weighted by atomic mass is 79.9. The van der Waals surface area contributed by atoms with E-state index in [1.807, 2.05) is 0 Å². The first-order valence-electron chi connectivity index (χ1n) is 4.05. The second kappa shape index (κ2) is 5.18. The molecule has 1 aromatic rings. The second-order valence-corrected chi connectivity index (χ2v) is 5.04. The molecule has 0 heterocycles. The van der Waals surface area contributed by atoms with Crippen LogP contribution in [0.5, 0.6) is 0 Å². The van der Waals surface area contributed by atoms with E-state index in [0.717, 1.165) is 0 Å². The number of nitrogens with one attached hydrogen (secondary N) is 1. The van der Waals surface area contributed by atoms with E-state index in [9.17, 15) is 4.79 Å². The van der Waals surface area contributed by atoms with E-state index in [1.165, 1.54) is 0 Å². The van der Waals surface area contributed by atoms with Gasteiger partial charge in [-0.15, -0.1) is 0 Å². The van der Waals surface area contributed by atoms with Crippen molar-refractivity contribution in [3.05, 3.63) is 26.1 Å². The predicted molar refractivity (Wildman–Crippen MR) is 67.6 cm³/mol. The number of aliphatic carboxylic acids is 1.